The van der Waals surface area contributed by atoms with E-state index in [-0.39, 0.29) is 29.8 Å². The maximum Gasteiger partial charge on any atom is 0.263 e. The van der Waals surface area contributed by atoms with Gasteiger partial charge in [-0.15, -0.1) is 22.7 Å². The molecule has 0 fully saturated rings. The van der Waals surface area contributed by atoms with Crippen LogP contribution in [0.15, 0.2) is 58.3 Å². The van der Waals surface area contributed by atoms with Crippen LogP contribution in [0.3, 0.4) is 0 Å². The molecular formula is C23H22N4O3S2. The number of rotatable bonds is 7. The molecule has 0 spiro atoms. The van der Waals surface area contributed by atoms with Crippen molar-refractivity contribution in [2.75, 3.05) is 10.6 Å². The molecule has 2 N–H and O–H groups in total. The highest BCUT2D eigenvalue weighted by molar-refractivity contribution is 7.18. The van der Waals surface area contributed by atoms with Gasteiger partial charge >= 0.3 is 0 Å². The lowest BCUT2D eigenvalue weighted by Gasteiger charge is -2.10. The zero-order valence-electron chi connectivity index (χ0n) is 17.6. The second kappa shape index (κ2) is 9.46. The van der Waals surface area contributed by atoms with Crippen LogP contribution in [-0.2, 0) is 16.1 Å². The van der Waals surface area contributed by atoms with Crippen molar-refractivity contribution in [2.24, 2.45) is 5.92 Å². The number of hydrogen-bond donors (Lipinski definition) is 2. The van der Waals surface area contributed by atoms with Gasteiger partial charge in [-0.2, -0.15) is 0 Å². The van der Waals surface area contributed by atoms with E-state index in [0.717, 1.165) is 10.4 Å². The minimum absolute atomic E-state index is 0.0469. The van der Waals surface area contributed by atoms with E-state index in [1.54, 1.807) is 35.6 Å². The van der Waals surface area contributed by atoms with Crippen LogP contribution in [0.2, 0.25) is 0 Å². The van der Waals surface area contributed by atoms with E-state index in [4.69, 9.17) is 0 Å². The van der Waals surface area contributed by atoms with E-state index in [0.29, 0.717) is 28.0 Å². The highest BCUT2D eigenvalue weighted by Gasteiger charge is 2.15. The largest absolute Gasteiger partial charge is 0.326 e. The van der Waals surface area contributed by atoms with Gasteiger partial charge in [0.2, 0.25) is 11.8 Å². The maximum absolute atomic E-state index is 13.0. The Balaban J connectivity index is 1.45. The van der Waals surface area contributed by atoms with E-state index in [1.165, 1.54) is 22.2 Å². The van der Waals surface area contributed by atoms with E-state index in [9.17, 15) is 14.4 Å². The number of thiophene rings is 2. The predicted molar refractivity (Wildman–Crippen MR) is 130 cm³/mol. The smallest absolute Gasteiger partial charge is 0.263 e. The van der Waals surface area contributed by atoms with Crippen molar-refractivity contribution in [2.45, 2.75) is 26.8 Å². The van der Waals surface area contributed by atoms with Gasteiger partial charge in [0.15, 0.2) is 0 Å². The van der Waals surface area contributed by atoms with E-state index < -0.39 is 0 Å². The Morgan fingerprint density at radius 2 is 1.72 bits per heavy atom. The molecule has 3 aromatic heterocycles. The van der Waals surface area contributed by atoms with Gasteiger partial charge in [-0.25, -0.2) is 4.98 Å². The van der Waals surface area contributed by atoms with Crippen LogP contribution in [0.5, 0.6) is 0 Å². The van der Waals surface area contributed by atoms with Crippen LogP contribution in [0.25, 0.3) is 20.7 Å². The number of hydrogen-bond acceptors (Lipinski definition) is 6. The van der Waals surface area contributed by atoms with Gasteiger partial charge < -0.3 is 10.6 Å². The van der Waals surface area contributed by atoms with Gasteiger partial charge in [0.25, 0.3) is 5.56 Å². The first-order valence-corrected chi connectivity index (χ1v) is 11.9. The number of carbonyl (C=O) groups is 2. The third-order valence-corrected chi connectivity index (χ3v) is 6.50. The molecule has 7 nitrogen and oxygen atoms in total. The monoisotopic (exact) mass is 466 g/mol. The average molecular weight is 467 g/mol. The summed E-state index contributed by atoms with van der Waals surface area (Å²) in [5.41, 5.74) is 1.85. The Morgan fingerprint density at radius 1 is 1.03 bits per heavy atom. The number of anilines is 2. The topological polar surface area (TPSA) is 93.1 Å². The van der Waals surface area contributed by atoms with Crippen LogP contribution < -0.4 is 16.2 Å². The van der Waals surface area contributed by atoms with Gasteiger partial charge in [0, 0.05) is 33.6 Å². The quantitative estimate of drug-likeness (QED) is 0.409. The van der Waals surface area contributed by atoms with Crippen molar-refractivity contribution in [1.82, 2.24) is 9.55 Å². The molecule has 0 bridgehead atoms. The molecule has 0 aliphatic carbocycles. The van der Waals surface area contributed by atoms with Gasteiger partial charge in [0.1, 0.15) is 11.4 Å². The molecule has 2 amide bonds. The van der Waals surface area contributed by atoms with Crippen LogP contribution in [-0.4, -0.2) is 21.4 Å². The van der Waals surface area contributed by atoms with Crippen molar-refractivity contribution < 1.29 is 9.59 Å². The molecule has 9 heteroatoms. The van der Waals surface area contributed by atoms with Crippen LogP contribution in [0, 0.1) is 5.92 Å². The average Bonchev–Trinajstić information content (AvgIpc) is 3.41. The number of nitrogens with one attached hydrogen (secondary N) is 2. The SMILES string of the molecule is CC(C)CC(=O)Nc1ccc(NC(=O)Cn2cnc3scc(-c4cccs4)c3c2=O)cc1. The minimum Gasteiger partial charge on any atom is -0.326 e. The van der Waals surface area contributed by atoms with Gasteiger partial charge in [-0.05, 0) is 41.6 Å². The molecule has 0 saturated carbocycles. The van der Waals surface area contributed by atoms with Crippen LogP contribution >= 0.6 is 22.7 Å². The summed E-state index contributed by atoms with van der Waals surface area (Å²) >= 11 is 2.98. The summed E-state index contributed by atoms with van der Waals surface area (Å²) in [7, 11) is 0. The molecule has 0 aliphatic heterocycles. The summed E-state index contributed by atoms with van der Waals surface area (Å²) in [6.45, 7) is 3.82. The summed E-state index contributed by atoms with van der Waals surface area (Å²) in [6.07, 6.45) is 1.86. The maximum atomic E-state index is 13.0. The first kappa shape index (κ1) is 21.9. The number of benzene rings is 1. The molecule has 0 saturated heterocycles. The molecule has 4 aromatic rings. The number of amides is 2. The molecule has 164 valence electrons. The minimum atomic E-state index is -0.335. The van der Waals surface area contributed by atoms with Crippen molar-refractivity contribution >= 4 is 56.1 Å². The molecule has 0 radical (unpaired) electrons. The Morgan fingerprint density at radius 3 is 2.34 bits per heavy atom. The van der Waals surface area contributed by atoms with Crippen molar-refractivity contribution in [3.05, 3.63) is 63.8 Å². The fraction of sp³-hybridized carbons (Fsp3) is 0.217. The van der Waals surface area contributed by atoms with Crippen molar-refractivity contribution in [3.8, 4) is 10.4 Å². The molecule has 4 rings (SSSR count). The highest BCUT2D eigenvalue weighted by atomic mass is 32.1. The third-order valence-electron chi connectivity index (χ3n) is 4.71. The highest BCUT2D eigenvalue weighted by Crippen LogP contribution is 2.33. The zero-order valence-corrected chi connectivity index (χ0v) is 19.3. The molecule has 0 atom stereocenters. The summed E-state index contributed by atoms with van der Waals surface area (Å²) in [5.74, 6) is -0.103. The molecule has 0 unspecified atom stereocenters. The van der Waals surface area contributed by atoms with E-state index in [2.05, 4.69) is 15.6 Å². The fourth-order valence-electron chi connectivity index (χ4n) is 3.27. The number of carbonyl (C=O) groups excluding carboxylic acids is 2. The zero-order chi connectivity index (χ0) is 22.7. The van der Waals surface area contributed by atoms with Crippen LogP contribution in [0.1, 0.15) is 20.3 Å². The van der Waals surface area contributed by atoms with Crippen molar-refractivity contribution in [1.29, 1.82) is 0 Å². The van der Waals surface area contributed by atoms with Gasteiger partial charge in [-0.1, -0.05) is 19.9 Å². The lowest BCUT2D eigenvalue weighted by Crippen LogP contribution is -2.27. The number of fused-ring (bicyclic) bond motifs is 1. The second-order valence-electron chi connectivity index (χ2n) is 7.76. The molecule has 3 heterocycles. The standard InChI is InChI=1S/C23H22N4O3S2/c1-14(2)10-19(28)25-15-5-7-16(8-6-15)26-20(29)11-27-13-24-22-21(23(27)30)17(12-32-22)18-4-3-9-31-18/h3-9,12-14H,10-11H2,1-2H3,(H,25,28)(H,26,29). The van der Waals surface area contributed by atoms with Crippen molar-refractivity contribution in [3.63, 3.8) is 0 Å². The first-order valence-electron chi connectivity index (χ1n) is 10.1. The Hall–Kier alpha value is -3.30. The van der Waals surface area contributed by atoms with Gasteiger partial charge in [0.05, 0.1) is 11.7 Å². The second-order valence-corrected chi connectivity index (χ2v) is 9.56. The summed E-state index contributed by atoms with van der Waals surface area (Å²) in [5, 5.41) is 10.0. The third kappa shape index (κ3) is 4.95. The normalized spacial score (nSPS) is 11.1. The van der Waals surface area contributed by atoms with Gasteiger partial charge in [-0.3, -0.25) is 19.0 Å². The molecule has 32 heavy (non-hydrogen) atoms. The predicted octanol–water partition coefficient (Wildman–Crippen LogP) is 4.81. The fourth-order valence-corrected chi connectivity index (χ4v) is 4.99. The molecule has 1 aromatic carbocycles. The summed E-state index contributed by atoms with van der Waals surface area (Å²) in [6, 6.07) is 10.8. The van der Waals surface area contributed by atoms with Crippen LogP contribution in [0.4, 0.5) is 11.4 Å². The summed E-state index contributed by atoms with van der Waals surface area (Å²) in [4.78, 5) is 43.5. The van der Waals surface area contributed by atoms with E-state index in [1.807, 2.05) is 36.7 Å². The lowest BCUT2D eigenvalue weighted by atomic mass is 10.1. The Bertz CT molecular complexity index is 1310. The molecule has 0 aliphatic rings. The summed E-state index contributed by atoms with van der Waals surface area (Å²) < 4.78 is 1.32. The number of nitrogens with zero attached hydrogens (tertiary/aromatic N) is 2. The first-order chi connectivity index (χ1) is 15.4. The number of aromatic nitrogens is 2. The Labute approximate surface area is 192 Å². The van der Waals surface area contributed by atoms with E-state index >= 15 is 0 Å². The Kier molecular flexibility index (Phi) is 6.48. The molecular weight excluding hydrogens is 444 g/mol. The lowest BCUT2D eigenvalue weighted by molar-refractivity contribution is -0.117.